The summed E-state index contributed by atoms with van der Waals surface area (Å²) in [6.45, 7) is 12.3. The average Bonchev–Trinajstić information content (AvgIpc) is 2.49. The number of piperidine rings is 1. The van der Waals surface area contributed by atoms with Crippen LogP contribution in [-0.4, -0.2) is 61.1 Å². The Labute approximate surface area is 142 Å². The van der Waals surface area contributed by atoms with Crippen LogP contribution in [0.2, 0.25) is 0 Å². The second-order valence-corrected chi connectivity index (χ2v) is 7.68. The Bertz CT molecular complexity index is 366. The molecule has 0 aromatic rings. The van der Waals surface area contributed by atoms with Gasteiger partial charge in [-0.25, -0.2) is 0 Å². The zero-order chi connectivity index (χ0) is 17.0. The minimum atomic E-state index is 0.255. The molecule has 0 atom stereocenters. The van der Waals surface area contributed by atoms with Crippen molar-refractivity contribution in [1.29, 1.82) is 0 Å². The van der Waals surface area contributed by atoms with Crippen molar-refractivity contribution in [3.63, 3.8) is 0 Å². The molecule has 3 fully saturated rings. The van der Waals surface area contributed by atoms with E-state index >= 15 is 0 Å². The number of hydrogen-bond acceptors (Lipinski definition) is 3. The van der Waals surface area contributed by atoms with Gasteiger partial charge in [0.1, 0.15) is 0 Å². The van der Waals surface area contributed by atoms with E-state index in [0.717, 1.165) is 50.9 Å². The highest BCUT2D eigenvalue weighted by Gasteiger charge is 2.37. The first-order valence-corrected chi connectivity index (χ1v) is 9.65. The molecule has 1 aliphatic carbocycles. The molecule has 4 nitrogen and oxygen atoms in total. The predicted octanol–water partition coefficient (Wildman–Crippen LogP) is 3.02. The molecule has 0 radical (unpaired) electrons. The average molecular weight is 325 g/mol. The first-order chi connectivity index (χ1) is 11.0. The lowest BCUT2D eigenvalue weighted by Gasteiger charge is -2.43. The van der Waals surface area contributed by atoms with E-state index in [0.29, 0.717) is 18.1 Å². The standard InChI is InChI=1S/C17H30N2O2.C2H6/c1-12(2)13-8-16(9-13)21-15-4-6-19(7-5-15)17(20)14-10-18(3)11-14;1-2/h12-16H,4-11H2,1-3H3;1-2H3. The first-order valence-electron chi connectivity index (χ1n) is 9.65. The van der Waals surface area contributed by atoms with Gasteiger partial charge in [0.05, 0.1) is 18.1 Å². The van der Waals surface area contributed by atoms with Gasteiger partial charge in [0.15, 0.2) is 0 Å². The highest BCUT2D eigenvalue weighted by atomic mass is 16.5. The summed E-state index contributed by atoms with van der Waals surface area (Å²) >= 11 is 0. The van der Waals surface area contributed by atoms with Gasteiger partial charge in [0, 0.05) is 26.2 Å². The van der Waals surface area contributed by atoms with Crippen LogP contribution in [0.1, 0.15) is 53.4 Å². The number of hydrogen-bond donors (Lipinski definition) is 0. The number of amides is 1. The molecule has 2 heterocycles. The zero-order valence-corrected chi connectivity index (χ0v) is 15.8. The summed E-state index contributed by atoms with van der Waals surface area (Å²) in [4.78, 5) is 16.6. The Morgan fingerprint density at radius 3 is 2.09 bits per heavy atom. The van der Waals surface area contributed by atoms with Gasteiger partial charge in [0.25, 0.3) is 0 Å². The quantitative estimate of drug-likeness (QED) is 0.797. The predicted molar refractivity (Wildman–Crippen MR) is 94.4 cm³/mol. The third-order valence-corrected chi connectivity index (χ3v) is 5.63. The van der Waals surface area contributed by atoms with Crippen LogP contribution in [0.3, 0.4) is 0 Å². The van der Waals surface area contributed by atoms with Crippen molar-refractivity contribution in [2.24, 2.45) is 17.8 Å². The Balaban J connectivity index is 0.000000924. The summed E-state index contributed by atoms with van der Waals surface area (Å²) in [5.41, 5.74) is 0. The highest BCUT2D eigenvalue weighted by Crippen LogP contribution is 2.37. The number of ether oxygens (including phenoxy) is 1. The van der Waals surface area contributed by atoms with Gasteiger partial charge in [-0.15, -0.1) is 0 Å². The fourth-order valence-electron chi connectivity index (χ4n) is 3.86. The van der Waals surface area contributed by atoms with Crippen molar-refractivity contribution >= 4 is 5.91 Å². The van der Waals surface area contributed by atoms with Crippen molar-refractivity contribution < 1.29 is 9.53 Å². The van der Waals surface area contributed by atoms with Gasteiger partial charge in [-0.3, -0.25) is 4.79 Å². The molecule has 3 rings (SSSR count). The minimum absolute atomic E-state index is 0.255. The number of nitrogens with zero attached hydrogens (tertiary/aromatic N) is 2. The summed E-state index contributed by atoms with van der Waals surface area (Å²) in [5.74, 6) is 2.29. The van der Waals surface area contributed by atoms with Crippen molar-refractivity contribution in [1.82, 2.24) is 9.80 Å². The Kier molecular flexibility index (Phi) is 6.90. The van der Waals surface area contributed by atoms with E-state index in [2.05, 4.69) is 30.7 Å². The van der Waals surface area contributed by atoms with Gasteiger partial charge in [-0.2, -0.15) is 0 Å². The molecule has 2 saturated heterocycles. The van der Waals surface area contributed by atoms with Crippen LogP contribution in [0.4, 0.5) is 0 Å². The first kappa shape index (κ1) is 18.7. The summed E-state index contributed by atoms with van der Waals surface area (Å²) < 4.78 is 6.21. The summed E-state index contributed by atoms with van der Waals surface area (Å²) in [5, 5.41) is 0. The second kappa shape index (κ2) is 8.48. The lowest BCUT2D eigenvalue weighted by atomic mass is 9.75. The minimum Gasteiger partial charge on any atom is -0.375 e. The number of carbonyl (C=O) groups is 1. The van der Waals surface area contributed by atoms with E-state index in [1.54, 1.807) is 0 Å². The summed E-state index contributed by atoms with van der Waals surface area (Å²) in [7, 11) is 2.08. The number of likely N-dealkylation sites (tertiary alicyclic amines) is 2. The van der Waals surface area contributed by atoms with E-state index in [1.165, 1.54) is 12.8 Å². The van der Waals surface area contributed by atoms with E-state index in [-0.39, 0.29) is 5.92 Å². The molecule has 3 aliphatic rings. The van der Waals surface area contributed by atoms with Crippen LogP contribution >= 0.6 is 0 Å². The smallest absolute Gasteiger partial charge is 0.228 e. The van der Waals surface area contributed by atoms with Gasteiger partial charge in [0.2, 0.25) is 5.91 Å². The number of carbonyl (C=O) groups excluding carboxylic acids is 1. The van der Waals surface area contributed by atoms with Crippen LogP contribution in [0.15, 0.2) is 0 Å². The van der Waals surface area contributed by atoms with Crippen LogP contribution in [0.25, 0.3) is 0 Å². The molecule has 2 aliphatic heterocycles. The Morgan fingerprint density at radius 2 is 1.61 bits per heavy atom. The van der Waals surface area contributed by atoms with E-state index in [9.17, 15) is 4.79 Å². The third kappa shape index (κ3) is 4.69. The summed E-state index contributed by atoms with van der Waals surface area (Å²) in [6.07, 6.45) is 5.41. The molecule has 4 heteroatoms. The Hall–Kier alpha value is -0.610. The molecule has 0 aromatic carbocycles. The maximum atomic E-state index is 12.3. The van der Waals surface area contributed by atoms with Crippen LogP contribution < -0.4 is 0 Å². The molecule has 0 spiro atoms. The van der Waals surface area contributed by atoms with Crippen LogP contribution in [0, 0.1) is 17.8 Å². The van der Waals surface area contributed by atoms with Gasteiger partial charge in [-0.1, -0.05) is 27.7 Å². The molecule has 0 aromatic heterocycles. The van der Waals surface area contributed by atoms with E-state index in [1.807, 2.05) is 13.8 Å². The topological polar surface area (TPSA) is 32.8 Å². The van der Waals surface area contributed by atoms with Crippen molar-refractivity contribution in [2.45, 2.75) is 65.6 Å². The molecule has 0 bridgehead atoms. The van der Waals surface area contributed by atoms with Crippen molar-refractivity contribution in [3.8, 4) is 0 Å². The van der Waals surface area contributed by atoms with Crippen LogP contribution in [0.5, 0.6) is 0 Å². The van der Waals surface area contributed by atoms with Crippen LogP contribution in [-0.2, 0) is 9.53 Å². The molecule has 1 amide bonds. The highest BCUT2D eigenvalue weighted by molar-refractivity contribution is 5.80. The van der Waals surface area contributed by atoms with Gasteiger partial charge >= 0.3 is 0 Å². The lowest BCUT2D eigenvalue weighted by molar-refractivity contribution is -0.146. The Morgan fingerprint density at radius 1 is 1.04 bits per heavy atom. The lowest BCUT2D eigenvalue weighted by Crippen LogP contribution is -2.54. The maximum absolute atomic E-state index is 12.3. The van der Waals surface area contributed by atoms with E-state index in [4.69, 9.17) is 4.74 Å². The molecule has 23 heavy (non-hydrogen) atoms. The largest absolute Gasteiger partial charge is 0.375 e. The van der Waals surface area contributed by atoms with Gasteiger partial charge in [-0.05, 0) is 44.6 Å². The molecule has 0 N–H and O–H groups in total. The van der Waals surface area contributed by atoms with E-state index < -0.39 is 0 Å². The molecule has 1 saturated carbocycles. The van der Waals surface area contributed by atoms with Gasteiger partial charge < -0.3 is 14.5 Å². The summed E-state index contributed by atoms with van der Waals surface area (Å²) in [6, 6.07) is 0. The molecular weight excluding hydrogens is 288 g/mol. The maximum Gasteiger partial charge on any atom is 0.228 e. The fraction of sp³-hybridized carbons (Fsp3) is 0.947. The number of rotatable bonds is 4. The van der Waals surface area contributed by atoms with Crippen molar-refractivity contribution in [2.75, 3.05) is 33.2 Å². The third-order valence-electron chi connectivity index (χ3n) is 5.63. The molecular formula is C19H36N2O2. The monoisotopic (exact) mass is 324 g/mol. The molecule has 0 unspecified atom stereocenters. The normalized spacial score (nSPS) is 29.6. The zero-order valence-electron chi connectivity index (χ0n) is 15.8. The van der Waals surface area contributed by atoms with Crippen molar-refractivity contribution in [3.05, 3.63) is 0 Å². The second-order valence-electron chi connectivity index (χ2n) is 7.68. The SMILES string of the molecule is CC.CC(C)C1CC(OC2CCN(C(=O)C3CN(C)C3)CC2)C1. The molecule has 134 valence electrons. The fourth-order valence-corrected chi connectivity index (χ4v) is 3.86.